The fourth-order valence-electron chi connectivity index (χ4n) is 1.87. The van der Waals surface area contributed by atoms with Crippen LogP contribution < -0.4 is 10.1 Å². The van der Waals surface area contributed by atoms with Crippen molar-refractivity contribution >= 4 is 23.1 Å². The predicted molar refractivity (Wildman–Crippen MR) is 86.4 cm³/mol. The summed E-state index contributed by atoms with van der Waals surface area (Å²) < 4.78 is 5.48. The molecule has 1 aromatic carbocycles. The third kappa shape index (κ3) is 5.43. The Morgan fingerprint density at radius 2 is 2.19 bits per heavy atom. The van der Waals surface area contributed by atoms with Gasteiger partial charge in [0.1, 0.15) is 5.75 Å². The summed E-state index contributed by atoms with van der Waals surface area (Å²) in [5.41, 5.74) is 0.610. The largest absolute Gasteiger partial charge is 0.493 e. The number of anilines is 1. The van der Waals surface area contributed by atoms with Crippen molar-refractivity contribution in [1.82, 2.24) is 0 Å². The molecule has 0 fully saturated rings. The predicted octanol–water partition coefficient (Wildman–Crippen LogP) is 2.91. The number of hydrogen-bond acceptors (Lipinski definition) is 6. The number of hydrogen-bond donors (Lipinski definition) is 2. The maximum atomic E-state index is 11.0. The molecule has 2 unspecified atom stereocenters. The van der Waals surface area contributed by atoms with Crippen LogP contribution in [0.4, 0.5) is 11.4 Å². The van der Waals surface area contributed by atoms with E-state index in [0.29, 0.717) is 18.0 Å². The summed E-state index contributed by atoms with van der Waals surface area (Å²) in [4.78, 5) is 10.6. The molecule has 7 heteroatoms. The lowest BCUT2D eigenvalue weighted by atomic mass is 10.2. The second-order valence-corrected chi connectivity index (χ2v) is 5.79. The number of ether oxygens (including phenoxy) is 1. The van der Waals surface area contributed by atoms with E-state index in [1.165, 1.54) is 12.1 Å². The van der Waals surface area contributed by atoms with Crippen LogP contribution in [-0.2, 0) is 0 Å². The van der Waals surface area contributed by atoms with Crippen LogP contribution >= 0.6 is 11.8 Å². The first-order chi connectivity index (χ1) is 10.0. The van der Waals surface area contributed by atoms with Gasteiger partial charge < -0.3 is 15.2 Å². The molecule has 118 valence electrons. The molecule has 0 amide bonds. The van der Waals surface area contributed by atoms with Gasteiger partial charge in [-0.25, -0.2) is 0 Å². The monoisotopic (exact) mass is 314 g/mol. The molecular weight excluding hydrogens is 292 g/mol. The van der Waals surface area contributed by atoms with Gasteiger partial charge in [-0.3, -0.25) is 10.1 Å². The van der Waals surface area contributed by atoms with Crippen LogP contribution in [0.3, 0.4) is 0 Å². The van der Waals surface area contributed by atoms with Gasteiger partial charge in [-0.2, -0.15) is 11.8 Å². The number of benzene rings is 1. The van der Waals surface area contributed by atoms with E-state index in [2.05, 4.69) is 5.32 Å². The first kappa shape index (κ1) is 17.6. The molecule has 2 N–H and O–H groups in total. The lowest BCUT2D eigenvalue weighted by Gasteiger charge is -2.22. The molecule has 0 aromatic heterocycles. The van der Waals surface area contributed by atoms with E-state index in [9.17, 15) is 15.2 Å². The van der Waals surface area contributed by atoms with Crippen molar-refractivity contribution in [2.75, 3.05) is 24.8 Å². The molecule has 1 aromatic rings. The standard InChI is InChI=1S/C14H22N2O4S/c1-4-5-20-13-7-11(6-12(8-13)16(18)19)15-10(2)14(9-17)21-3/h6-8,10,14-15,17H,4-5,9H2,1-3H3. The average Bonchev–Trinajstić information content (AvgIpc) is 2.46. The highest BCUT2D eigenvalue weighted by atomic mass is 32.2. The lowest BCUT2D eigenvalue weighted by Crippen LogP contribution is -2.30. The van der Waals surface area contributed by atoms with Gasteiger partial charge in [0.05, 0.1) is 24.2 Å². The second kappa shape index (κ2) is 8.74. The van der Waals surface area contributed by atoms with Crippen LogP contribution in [0.15, 0.2) is 18.2 Å². The highest BCUT2D eigenvalue weighted by Crippen LogP contribution is 2.27. The molecule has 0 bridgehead atoms. The molecule has 1 rings (SSSR count). The molecule has 0 aliphatic carbocycles. The van der Waals surface area contributed by atoms with Crippen LogP contribution in [0.2, 0.25) is 0 Å². The Morgan fingerprint density at radius 1 is 1.48 bits per heavy atom. The minimum Gasteiger partial charge on any atom is -0.493 e. The van der Waals surface area contributed by atoms with Crippen LogP contribution in [0, 0.1) is 10.1 Å². The van der Waals surface area contributed by atoms with Gasteiger partial charge in [0, 0.05) is 29.1 Å². The molecule has 0 aliphatic heterocycles. The fourth-order valence-corrected chi connectivity index (χ4v) is 2.49. The normalized spacial score (nSPS) is 13.5. The summed E-state index contributed by atoms with van der Waals surface area (Å²) in [7, 11) is 0. The zero-order valence-corrected chi connectivity index (χ0v) is 13.4. The van der Waals surface area contributed by atoms with Crippen LogP contribution in [0.1, 0.15) is 20.3 Å². The molecule has 0 heterocycles. The maximum Gasteiger partial charge on any atom is 0.275 e. The molecule has 0 radical (unpaired) electrons. The number of nitro groups is 1. The highest BCUT2D eigenvalue weighted by molar-refractivity contribution is 7.99. The third-order valence-electron chi connectivity index (χ3n) is 3.01. The molecule has 0 spiro atoms. The van der Waals surface area contributed by atoms with Crippen LogP contribution in [0.25, 0.3) is 0 Å². The summed E-state index contributed by atoms with van der Waals surface area (Å²) in [6.07, 6.45) is 2.75. The number of non-ortho nitro benzene ring substituents is 1. The summed E-state index contributed by atoms with van der Waals surface area (Å²) in [5, 5.41) is 23.5. The minimum absolute atomic E-state index is 0.0111. The second-order valence-electron chi connectivity index (χ2n) is 4.71. The zero-order valence-electron chi connectivity index (χ0n) is 12.5. The summed E-state index contributed by atoms with van der Waals surface area (Å²) in [6, 6.07) is 4.62. The first-order valence-corrected chi connectivity index (χ1v) is 8.13. The fraction of sp³-hybridized carbons (Fsp3) is 0.571. The Morgan fingerprint density at radius 3 is 2.71 bits per heavy atom. The highest BCUT2D eigenvalue weighted by Gasteiger charge is 2.17. The molecule has 0 aliphatic rings. The smallest absolute Gasteiger partial charge is 0.275 e. The van der Waals surface area contributed by atoms with Crippen molar-refractivity contribution < 1.29 is 14.8 Å². The summed E-state index contributed by atoms with van der Waals surface area (Å²) in [5.74, 6) is 0.477. The number of rotatable bonds is 9. The van der Waals surface area contributed by atoms with E-state index in [1.54, 1.807) is 17.8 Å². The van der Waals surface area contributed by atoms with Gasteiger partial charge in [0.15, 0.2) is 0 Å². The van der Waals surface area contributed by atoms with Gasteiger partial charge >= 0.3 is 0 Å². The van der Waals surface area contributed by atoms with Crippen molar-refractivity contribution in [2.24, 2.45) is 0 Å². The van der Waals surface area contributed by atoms with Crippen molar-refractivity contribution in [3.8, 4) is 5.75 Å². The molecular formula is C14H22N2O4S. The summed E-state index contributed by atoms with van der Waals surface area (Å²) >= 11 is 1.55. The Hall–Kier alpha value is -1.47. The Bertz CT molecular complexity index is 466. The molecule has 2 atom stereocenters. The van der Waals surface area contributed by atoms with E-state index in [4.69, 9.17) is 4.74 Å². The van der Waals surface area contributed by atoms with E-state index in [1.807, 2.05) is 20.1 Å². The van der Waals surface area contributed by atoms with Gasteiger partial charge in [-0.05, 0) is 19.6 Å². The Balaban J connectivity index is 2.94. The number of aliphatic hydroxyl groups is 1. The number of nitrogens with zero attached hydrogens (tertiary/aromatic N) is 1. The Labute approximate surface area is 129 Å². The van der Waals surface area contributed by atoms with Gasteiger partial charge in [0.2, 0.25) is 0 Å². The van der Waals surface area contributed by atoms with Crippen molar-refractivity contribution in [3.05, 3.63) is 28.3 Å². The molecule has 0 saturated carbocycles. The van der Waals surface area contributed by atoms with Crippen LogP contribution in [0.5, 0.6) is 5.75 Å². The topological polar surface area (TPSA) is 84.6 Å². The first-order valence-electron chi connectivity index (χ1n) is 6.84. The lowest BCUT2D eigenvalue weighted by molar-refractivity contribution is -0.384. The van der Waals surface area contributed by atoms with E-state index >= 15 is 0 Å². The number of nitro benzene ring substituents is 1. The third-order valence-corrected chi connectivity index (χ3v) is 4.17. The maximum absolute atomic E-state index is 11.0. The minimum atomic E-state index is -0.438. The number of thioether (sulfide) groups is 1. The van der Waals surface area contributed by atoms with Gasteiger partial charge in [0.25, 0.3) is 5.69 Å². The van der Waals surface area contributed by atoms with Gasteiger partial charge in [-0.1, -0.05) is 6.92 Å². The van der Waals surface area contributed by atoms with E-state index in [0.717, 1.165) is 6.42 Å². The van der Waals surface area contributed by atoms with Crippen molar-refractivity contribution in [2.45, 2.75) is 31.6 Å². The molecule has 0 saturated heterocycles. The van der Waals surface area contributed by atoms with Crippen molar-refractivity contribution in [3.63, 3.8) is 0 Å². The van der Waals surface area contributed by atoms with E-state index < -0.39 is 4.92 Å². The SMILES string of the molecule is CCCOc1cc(NC(C)C(CO)SC)cc([N+](=O)[O-])c1. The number of nitrogens with one attached hydrogen (secondary N) is 1. The van der Waals surface area contributed by atoms with Crippen LogP contribution in [-0.4, -0.2) is 40.8 Å². The Kier molecular flexibility index (Phi) is 7.31. The number of aliphatic hydroxyl groups excluding tert-OH is 1. The molecule has 21 heavy (non-hydrogen) atoms. The average molecular weight is 314 g/mol. The van der Waals surface area contributed by atoms with E-state index in [-0.39, 0.29) is 23.6 Å². The summed E-state index contributed by atoms with van der Waals surface area (Å²) in [6.45, 7) is 4.47. The molecule has 6 nitrogen and oxygen atoms in total. The zero-order chi connectivity index (χ0) is 15.8. The van der Waals surface area contributed by atoms with Gasteiger partial charge in [-0.15, -0.1) is 0 Å². The van der Waals surface area contributed by atoms with Crippen molar-refractivity contribution in [1.29, 1.82) is 0 Å². The quantitative estimate of drug-likeness (QED) is 0.538.